The highest BCUT2D eigenvalue weighted by atomic mass is 16.5. The number of methoxy groups -OCH3 is 2. The van der Waals surface area contributed by atoms with Crippen LogP contribution in [0.2, 0.25) is 0 Å². The molecule has 30 heavy (non-hydrogen) atoms. The van der Waals surface area contributed by atoms with Crippen molar-refractivity contribution in [1.29, 1.82) is 0 Å². The highest BCUT2D eigenvalue weighted by molar-refractivity contribution is 5.78. The topological polar surface area (TPSA) is 65.4 Å². The molecule has 1 N–H and O–H groups in total. The minimum absolute atomic E-state index is 0.00194. The summed E-state index contributed by atoms with van der Waals surface area (Å²) in [5.41, 5.74) is 3.10. The fourth-order valence-electron chi connectivity index (χ4n) is 3.60. The van der Waals surface area contributed by atoms with E-state index in [1.54, 1.807) is 14.2 Å². The number of benzene rings is 2. The zero-order valence-corrected chi connectivity index (χ0v) is 18.3. The molecule has 0 bridgehead atoms. The molecule has 0 aliphatic carbocycles. The van der Waals surface area contributed by atoms with Crippen LogP contribution in [0.1, 0.15) is 31.7 Å². The van der Waals surface area contributed by atoms with E-state index in [4.69, 9.17) is 14.5 Å². The highest BCUT2D eigenvalue weighted by Gasteiger charge is 2.12. The molecule has 3 aromatic rings. The predicted octanol–water partition coefficient (Wildman–Crippen LogP) is 4.00. The van der Waals surface area contributed by atoms with Gasteiger partial charge in [-0.2, -0.15) is 0 Å². The molecule has 0 unspecified atom stereocenters. The van der Waals surface area contributed by atoms with Crippen molar-refractivity contribution in [2.45, 2.75) is 39.7 Å². The third kappa shape index (κ3) is 5.32. The van der Waals surface area contributed by atoms with Crippen molar-refractivity contribution in [2.75, 3.05) is 20.8 Å². The quantitative estimate of drug-likeness (QED) is 0.514. The Balaban J connectivity index is 1.54. The van der Waals surface area contributed by atoms with Crippen LogP contribution in [0, 0.1) is 5.92 Å². The second kappa shape index (κ2) is 10.1. The van der Waals surface area contributed by atoms with Crippen LogP contribution >= 0.6 is 0 Å². The van der Waals surface area contributed by atoms with Gasteiger partial charge in [0.25, 0.3) is 0 Å². The van der Waals surface area contributed by atoms with Crippen LogP contribution in [0.15, 0.2) is 42.5 Å². The van der Waals surface area contributed by atoms with Gasteiger partial charge in [-0.05, 0) is 42.2 Å². The number of nitrogens with zero attached hydrogens (tertiary/aromatic N) is 2. The first-order chi connectivity index (χ1) is 14.5. The summed E-state index contributed by atoms with van der Waals surface area (Å²) < 4.78 is 12.9. The molecular weight excluding hydrogens is 378 g/mol. The molecule has 0 aliphatic rings. The molecule has 1 aromatic heterocycles. The SMILES string of the molecule is COc1ccc(CC(=O)NCCCc2nc3ccccc3n2CC(C)C)cc1OC. The molecule has 0 radical (unpaired) electrons. The van der Waals surface area contributed by atoms with Crippen LogP contribution in [0.4, 0.5) is 0 Å². The first-order valence-electron chi connectivity index (χ1n) is 10.4. The van der Waals surface area contributed by atoms with Crippen LogP contribution in [-0.4, -0.2) is 36.2 Å². The molecule has 0 aliphatic heterocycles. The lowest BCUT2D eigenvalue weighted by Gasteiger charge is -2.12. The van der Waals surface area contributed by atoms with E-state index in [9.17, 15) is 4.79 Å². The number of hydrogen-bond donors (Lipinski definition) is 1. The average molecular weight is 410 g/mol. The van der Waals surface area contributed by atoms with Gasteiger partial charge in [0.1, 0.15) is 5.82 Å². The number of aromatic nitrogens is 2. The Morgan fingerprint density at radius 2 is 1.87 bits per heavy atom. The van der Waals surface area contributed by atoms with Gasteiger partial charge in [-0.25, -0.2) is 4.98 Å². The highest BCUT2D eigenvalue weighted by Crippen LogP contribution is 2.27. The molecule has 2 aromatic carbocycles. The number of carbonyl (C=O) groups is 1. The number of imidazole rings is 1. The van der Waals surface area contributed by atoms with E-state index in [1.165, 1.54) is 5.52 Å². The molecule has 0 saturated heterocycles. The van der Waals surface area contributed by atoms with Crippen molar-refractivity contribution >= 4 is 16.9 Å². The summed E-state index contributed by atoms with van der Waals surface area (Å²) in [6.45, 7) is 6.00. The third-order valence-corrected chi connectivity index (χ3v) is 4.99. The zero-order valence-electron chi connectivity index (χ0n) is 18.3. The largest absolute Gasteiger partial charge is 0.493 e. The van der Waals surface area contributed by atoms with E-state index < -0.39 is 0 Å². The first-order valence-corrected chi connectivity index (χ1v) is 10.4. The lowest BCUT2D eigenvalue weighted by Crippen LogP contribution is -2.26. The van der Waals surface area contributed by atoms with Crippen molar-refractivity contribution in [1.82, 2.24) is 14.9 Å². The Hall–Kier alpha value is -3.02. The molecule has 0 spiro atoms. The minimum atomic E-state index is -0.00194. The summed E-state index contributed by atoms with van der Waals surface area (Å²) in [5, 5.41) is 3.01. The average Bonchev–Trinajstić information content (AvgIpc) is 3.08. The maximum absolute atomic E-state index is 12.3. The standard InChI is InChI=1S/C24H31N3O3/c1-17(2)16-27-20-9-6-5-8-19(20)26-23(27)10-7-13-25-24(28)15-18-11-12-21(29-3)22(14-18)30-4/h5-6,8-9,11-12,14,17H,7,10,13,15-16H2,1-4H3,(H,25,28). The Morgan fingerprint density at radius 1 is 1.10 bits per heavy atom. The predicted molar refractivity (Wildman–Crippen MR) is 119 cm³/mol. The molecule has 0 atom stereocenters. The maximum Gasteiger partial charge on any atom is 0.224 e. The number of fused-ring (bicyclic) bond motifs is 1. The summed E-state index contributed by atoms with van der Waals surface area (Å²) in [6, 6.07) is 13.8. The van der Waals surface area contributed by atoms with Gasteiger partial charge in [-0.3, -0.25) is 4.79 Å². The lowest BCUT2D eigenvalue weighted by atomic mass is 10.1. The molecular formula is C24H31N3O3. The van der Waals surface area contributed by atoms with E-state index in [2.05, 4.69) is 41.9 Å². The van der Waals surface area contributed by atoms with Crippen LogP contribution < -0.4 is 14.8 Å². The molecule has 6 heteroatoms. The Kier molecular flexibility index (Phi) is 7.33. The number of amides is 1. The summed E-state index contributed by atoms with van der Waals surface area (Å²) >= 11 is 0. The Labute approximate surface area is 178 Å². The zero-order chi connectivity index (χ0) is 21.5. The van der Waals surface area contributed by atoms with E-state index in [1.807, 2.05) is 24.3 Å². The van der Waals surface area contributed by atoms with Gasteiger partial charge < -0.3 is 19.4 Å². The monoisotopic (exact) mass is 409 g/mol. The summed E-state index contributed by atoms with van der Waals surface area (Å²) in [7, 11) is 3.19. The van der Waals surface area contributed by atoms with Crippen LogP contribution in [0.5, 0.6) is 11.5 Å². The number of para-hydroxylation sites is 2. The number of rotatable bonds is 10. The van der Waals surface area contributed by atoms with E-state index in [0.717, 1.165) is 36.3 Å². The van der Waals surface area contributed by atoms with Crippen molar-refractivity contribution < 1.29 is 14.3 Å². The second-order valence-corrected chi connectivity index (χ2v) is 7.84. The van der Waals surface area contributed by atoms with Crippen molar-refractivity contribution in [3.63, 3.8) is 0 Å². The van der Waals surface area contributed by atoms with Crippen LogP contribution in [0.25, 0.3) is 11.0 Å². The Morgan fingerprint density at radius 3 is 2.60 bits per heavy atom. The van der Waals surface area contributed by atoms with Gasteiger partial charge in [0.15, 0.2) is 11.5 Å². The van der Waals surface area contributed by atoms with E-state index in [0.29, 0.717) is 30.4 Å². The van der Waals surface area contributed by atoms with Gasteiger partial charge >= 0.3 is 0 Å². The molecule has 0 saturated carbocycles. The molecule has 160 valence electrons. The number of aryl methyl sites for hydroxylation is 1. The Bertz CT molecular complexity index is 995. The van der Waals surface area contributed by atoms with Gasteiger partial charge in [-0.15, -0.1) is 0 Å². The summed E-state index contributed by atoms with van der Waals surface area (Å²) in [5.74, 6) is 2.91. The van der Waals surface area contributed by atoms with Crippen molar-refractivity contribution in [2.24, 2.45) is 5.92 Å². The van der Waals surface area contributed by atoms with E-state index >= 15 is 0 Å². The van der Waals surface area contributed by atoms with E-state index in [-0.39, 0.29) is 5.91 Å². The third-order valence-electron chi connectivity index (χ3n) is 4.99. The molecule has 6 nitrogen and oxygen atoms in total. The number of hydrogen-bond acceptors (Lipinski definition) is 4. The van der Waals surface area contributed by atoms with Crippen molar-refractivity contribution in [3.05, 3.63) is 53.9 Å². The van der Waals surface area contributed by atoms with Gasteiger partial charge in [0.2, 0.25) is 5.91 Å². The van der Waals surface area contributed by atoms with Crippen LogP contribution in [-0.2, 0) is 24.2 Å². The van der Waals surface area contributed by atoms with Crippen molar-refractivity contribution in [3.8, 4) is 11.5 Å². The number of ether oxygens (including phenoxy) is 2. The van der Waals surface area contributed by atoms with Gasteiger partial charge in [0.05, 0.1) is 31.7 Å². The fraction of sp³-hybridized carbons (Fsp3) is 0.417. The minimum Gasteiger partial charge on any atom is -0.493 e. The lowest BCUT2D eigenvalue weighted by molar-refractivity contribution is -0.120. The smallest absolute Gasteiger partial charge is 0.224 e. The molecule has 0 fully saturated rings. The fourth-order valence-corrected chi connectivity index (χ4v) is 3.60. The van der Waals surface area contributed by atoms with Crippen LogP contribution in [0.3, 0.4) is 0 Å². The molecule has 3 rings (SSSR count). The first kappa shape index (κ1) is 21.7. The normalized spacial score (nSPS) is 11.1. The maximum atomic E-state index is 12.3. The summed E-state index contributed by atoms with van der Waals surface area (Å²) in [6.07, 6.45) is 1.99. The van der Waals surface area contributed by atoms with Gasteiger partial charge in [-0.1, -0.05) is 32.0 Å². The van der Waals surface area contributed by atoms with Gasteiger partial charge in [0, 0.05) is 19.5 Å². The summed E-state index contributed by atoms with van der Waals surface area (Å²) in [4.78, 5) is 17.1. The molecule has 1 amide bonds. The molecule has 1 heterocycles. The number of carbonyl (C=O) groups excluding carboxylic acids is 1. The number of nitrogens with one attached hydrogen (secondary N) is 1. The second-order valence-electron chi connectivity index (χ2n) is 7.84.